The Hall–Kier alpha value is -3.37. The number of nitrogens with one attached hydrogen (secondary N) is 2. The molecule has 1 aromatic carbocycles. The minimum Gasteiger partial charge on any atom is -0.387 e. The van der Waals surface area contributed by atoms with Gasteiger partial charge in [-0.05, 0) is 38.1 Å². The molecule has 0 spiro atoms. The van der Waals surface area contributed by atoms with Crippen molar-refractivity contribution in [2.45, 2.75) is 20.0 Å². The number of carbonyl (C=O) groups excluding carboxylic acids is 1. The lowest BCUT2D eigenvalue weighted by molar-refractivity contribution is 0.194. The van der Waals surface area contributed by atoms with E-state index in [1.54, 1.807) is 24.0 Å². The number of nitrogens with zero attached hydrogens (tertiary/aromatic N) is 5. The summed E-state index contributed by atoms with van der Waals surface area (Å²) in [6.07, 6.45) is 2.69. The summed E-state index contributed by atoms with van der Waals surface area (Å²) in [6, 6.07) is 9.19. The van der Waals surface area contributed by atoms with E-state index in [1.807, 2.05) is 37.3 Å². The van der Waals surface area contributed by atoms with E-state index >= 15 is 0 Å². The summed E-state index contributed by atoms with van der Waals surface area (Å²) in [5.74, 6) is 0. The second kappa shape index (κ2) is 7.94. The van der Waals surface area contributed by atoms with E-state index in [-0.39, 0.29) is 6.03 Å². The Morgan fingerprint density at radius 3 is 2.90 bits per heavy atom. The smallest absolute Gasteiger partial charge is 0.321 e. The van der Waals surface area contributed by atoms with Gasteiger partial charge >= 0.3 is 6.03 Å². The van der Waals surface area contributed by atoms with Crippen LogP contribution in [-0.4, -0.2) is 42.6 Å². The lowest BCUT2D eigenvalue weighted by Gasteiger charge is -2.06. The fourth-order valence-corrected chi connectivity index (χ4v) is 3.78. The fraction of sp³-hybridized carbons (Fsp3) is 0.211. The number of carbonyl (C=O) groups is 1. The SMILES string of the molecule is CCNC(=O)Nc1nc2cc(-n3cc(C(C)O)nn3)cc(-c3ccccn3)c2s1. The zero-order valence-electron chi connectivity index (χ0n) is 15.8. The summed E-state index contributed by atoms with van der Waals surface area (Å²) in [4.78, 5) is 20.9. The lowest BCUT2D eigenvalue weighted by atomic mass is 10.1. The minimum atomic E-state index is -0.713. The Balaban J connectivity index is 1.84. The first-order valence-corrected chi connectivity index (χ1v) is 9.88. The predicted molar refractivity (Wildman–Crippen MR) is 111 cm³/mol. The average Bonchev–Trinajstić information content (AvgIpc) is 3.35. The van der Waals surface area contributed by atoms with Crippen LogP contribution in [0, 0.1) is 0 Å². The zero-order valence-corrected chi connectivity index (χ0v) is 16.6. The molecule has 29 heavy (non-hydrogen) atoms. The maximum Gasteiger partial charge on any atom is 0.321 e. The molecular weight excluding hydrogens is 390 g/mol. The largest absolute Gasteiger partial charge is 0.387 e. The topological polar surface area (TPSA) is 118 Å². The number of aliphatic hydroxyl groups is 1. The summed E-state index contributed by atoms with van der Waals surface area (Å²) >= 11 is 1.38. The van der Waals surface area contributed by atoms with Gasteiger partial charge in [0.15, 0.2) is 5.13 Å². The van der Waals surface area contributed by atoms with Crippen LogP contribution in [0.5, 0.6) is 0 Å². The molecule has 0 saturated carbocycles. The number of amides is 2. The molecule has 0 aliphatic carbocycles. The highest BCUT2D eigenvalue weighted by molar-refractivity contribution is 7.22. The number of benzene rings is 1. The van der Waals surface area contributed by atoms with E-state index in [0.717, 1.165) is 21.6 Å². The van der Waals surface area contributed by atoms with Gasteiger partial charge in [0.2, 0.25) is 0 Å². The molecule has 148 valence electrons. The molecule has 3 aromatic heterocycles. The Kier molecular flexibility index (Phi) is 5.19. The number of rotatable bonds is 5. The van der Waals surface area contributed by atoms with Crippen LogP contribution < -0.4 is 10.6 Å². The molecule has 0 aliphatic heterocycles. The molecule has 0 fully saturated rings. The summed E-state index contributed by atoms with van der Waals surface area (Å²) in [7, 11) is 0. The van der Waals surface area contributed by atoms with Crippen molar-refractivity contribution >= 4 is 32.7 Å². The number of aliphatic hydroxyl groups excluding tert-OH is 1. The van der Waals surface area contributed by atoms with E-state index in [9.17, 15) is 9.90 Å². The minimum absolute atomic E-state index is 0.302. The first kappa shape index (κ1) is 19.0. The number of urea groups is 1. The van der Waals surface area contributed by atoms with E-state index < -0.39 is 6.10 Å². The van der Waals surface area contributed by atoms with Crippen molar-refractivity contribution in [3.8, 4) is 16.9 Å². The molecule has 4 aromatic rings. The lowest BCUT2D eigenvalue weighted by Crippen LogP contribution is -2.28. The van der Waals surface area contributed by atoms with Gasteiger partial charge in [0.25, 0.3) is 0 Å². The maximum absolute atomic E-state index is 11.9. The summed E-state index contributed by atoms with van der Waals surface area (Å²) < 4.78 is 2.49. The fourth-order valence-electron chi connectivity index (χ4n) is 2.81. The van der Waals surface area contributed by atoms with Crippen LogP contribution in [0.15, 0.2) is 42.7 Å². The van der Waals surface area contributed by atoms with Crippen molar-refractivity contribution < 1.29 is 9.90 Å². The van der Waals surface area contributed by atoms with Crippen LogP contribution in [-0.2, 0) is 0 Å². The molecule has 2 amide bonds. The first-order chi connectivity index (χ1) is 14.0. The molecule has 1 atom stereocenters. The molecule has 3 N–H and O–H groups in total. The van der Waals surface area contributed by atoms with E-state index in [0.29, 0.717) is 22.9 Å². The third-order valence-corrected chi connectivity index (χ3v) is 5.20. The molecule has 0 saturated heterocycles. The summed E-state index contributed by atoms with van der Waals surface area (Å²) in [6.45, 7) is 4.01. The van der Waals surface area contributed by atoms with Crippen molar-refractivity contribution in [1.29, 1.82) is 0 Å². The monoisotopic (exact) mass is 409 g/mol. The van der Waals surface area contributed by atoms with E-state index in [2.05, 4.69) is 30.9 Å². The van der Waals surface area contributed by atoms with Gasteiger partial charge in [0.05, 0.1) is 33.9 Å². The van der Waals surface area contributed by atoms with Crippen LogP contribution in [0.25, 0.3) is 27.2 Å². The number of fused-ring (bicyclic) bond motifs is 1. The highest BCUT2D eigenvalue weighted by Gasteiger charge is 2.16. The van der Waals surface area contributed by atoms with E-state index in [1.165, 1.54) is 11.3 Å². The predicted octanol–water partition coefficient (Wildman–Crippen LogP) is 3.13. The summed E-state index contributed by atoms with van der Waals surface area (Å²) in [5, 5.41) is 23.8. The van der Waals surface area contributed by atoms with Crippen LogP contribution in [0.3, 0.4) is 0 Å². The normalized spacial score (nSPS) is 12.1. The van der Waals surface area contributed by atoms with Crippen molar-refractivity contribution in [2.75, 3.05) is 11.9 Å². The second-order valence-electron chi connectivity index (χ2n) is 6.32. The summed E-state index contributed by atoms with van der Waals surface area (Å²) in [5.41, 5.74) is 3.56. The number of hydrogen-bond donors (Lipinski definition) is 3. The molecule has 0 bridgehead atoms. The Labute approximate surface area is 170 Å². The third-order valence-electron chi connectivity index (χ3n) is 4.18. The number of pyridine rings is 1. The van der Waals surface area contributed by atoms with Gasteiger partial charge in [0.1, 0.15) is 5.69 Å². The molecule has 9 nitrogen and oxygen atoms in total. The molecule has 1 unspecified atom stereocenters. The second-order valence-corrected chi connectivity index (χ2v) is 7.32. The number of anilines is 1. The van der Waals surface area contributed by atoms with Gasteiger partial charge in [-0.15, -0.1) is 5.10 Å². The van der Waals surface area contributed by atoms with Crippen LogP contribution >= 0.6 is 11.3 Å². The van der Waals surface area contributed by atoms with Crippen LogP contribution in [0.4, 0.5) is 9.93 Å². The molecule has 0 aliphatic rings. The Morgan fingerprint density at radius 1 is 1.34 bits per heavy atom. The average molecular weight is 409 g/mol. The van der Waals surface area contributed by atoms with Crippen LogP contribution in [0.2, 0.25) is 0 Å². The van der Waals surface area contributed by atoms with Crippen molar-refractivity contribution in [3.63, 3.8) is 0 Å². The molecule has 0 radical (unpaired) electrons. The molecule has 4 rings (SSSR count). The maximum atomic E-state index is 11.9. The van der Waals surface area contributed by atoms with Gasteiger partial charge < -0.3 is 10.4 Å². The highest BCUT2D eigenvalue weighted by atomic mass is 32.1. The van der Waals surface area contributed by atoms with Gasteiger partial charge in [-0.1, -0.05) is 22.6 Å². The van der Waals surface area contributed by atoms with Gasteiger partial charge in [-0.25, -0.2) is 14.5 Å². The molecular formula is C19H19N7O2S. The quantitative estimate of drug-likeness (QED) is 0.466. The number of aromatic nitrogens is 5. The standard InChI is InChI=1S/C19H19N7O2S/c1-3-20-18(28)23-19-22-15-9-12(26-10-16(11(2)27)24-25-26)8-13(17(15)29-19)14-6-4-5-7-21-14/h4-11,27H,3H2,1-2H3,(H2,20,22,23,28). The van der Waals surface area contributed by atoms with Gasteiger partial charge in [-0.3, -0.25) is 10.3 Å². The Bertz CT molecular complexity index is 1150. The zero-order chi connectivity index (χ0) is 20.4. The van der Waals surface area contributed by atoms with Gasteiger partial charge in [-0.2, -0.15) is 0 Å². The van der Waals surface area contributed by atoms with Crippen LogP contribution in [0.1, 0.15) is 25.6 Å². The first-order valence-electron chi connectivity index (χ1n) is 9.06. The van der Waals surface area contributed by atoms with Crippen molar-refractivity contribution in [2.24, 2.45) is 0 Å². The van der Waals surface area contributed by atoms with E-state index in [4.69, 9.17) is 0 Å². The number of thiazole rings is 1. The van der Waals surface area contributed by atoms with Crippen molar-refractivity contribution in [1.82, 2.24) is 30.3 Å². The van der Waals surface area contributed by atoms with Gasteiger partial charge in [0, 0.05) is 18.3 Å². The number of hydrogen-bond acceptors (Lipinski definition) is 7. The van der Waals surface area contributed by atoms with Crippen molar-refractivity contribution in [3.05, 3.63) is 48.4 Å². The third kappa shape index (κ3) is 3.93. The molecule has 3 heterocycles. The highest BCUT2D eigenvalue weighted by Crippen LogP contribution is 2.36. The molecule has 10 heteroatoms. The Morgan fingerprint density at radius 2 is 2.21 bits per heavy atom.